The summed E-state index contributed by atoms with van der Waals surface area (Å²) >= 11 is 5.96. The lowest BCUT2D eigenvalue weighted by atomic mass is 10.1. The van der Waals surface area contributed by atoms with E-state index in [9.17, 15) is 0 Å². The molecule has 0 unspecified atom stereocenters. The van der Waals surface area contributed by atoms with Crippen LogP contribution in [0, 0.1) is 0 Å². The summed E-state index contributed by atoms with van der Waals surface area (Å²) in [6, 6.07) is 18.9. The number of hydrogen-bond donors (Lipinski definition) is 0. The predicted molar refractivity (Wildman–Crippen MR) is 77.7 cm³/mol. The van der Waals surface area contributed by atoms with Crippen LogP contribution in [-0.2, 0) is 6.61 Å². The van der Waals surface area contributed by atoms with Crippen LogP contribution in [-0.4, -0.2) is 5.16 Å². The summed E-state index contributed by atoms with van der Waals surface area (Å²) in [7, 11) is 0. The van der Waals surface area contributed by atoms with Crippen LogP contribution in [0.5, 0.6) is 5.75 Å². The topological polar surface area (TPSA) is 35.3 Å². The van der Waals surface area contributed by atoms with E-state index in [1.54, 1.807) is 0 Å². The molecule has 0 fully saturated rings. The van der Waals surface area contributed by atoms with Gasteiger partial charge in [0.1, 0.15) is 18.1 Å². The molecule has 1 aromatic heterocycles. The zero-order chi connectivity index (χ0) is 13.8. The number of halogens is 1. The molecule has 20 heavy (non-hydrogen) atoms. The Labute approximate surface area is 121 Å². The molecule has 0 amide bonds. The third-order valence-electron chi connectivity index (χ3n) is 2.80. The van der Waals surface area contributed by atoms with E-state index < -0.39 is 0 Å². The molecule has 0 atom stereocenters. The lowest BCUT2D eigenvalue weighted by Crippen LogP contribution is -1.92. The Morgan fingerprint density at radius 3 is 2.65 bits per heavy atom. The van der Waals surface area contributed by atoms with E-state index in [-0.39, 0.29) is 0 Å². The number of nitrogens with zero attached hydrogens (tertiary/aromatic N) is 1. The molecule has 3 aromatic rings. The number of hydrogen-bond acceptors (Lipinski definition) is 3. The SMILES string of the molecule is Clc1cccc(-c2cc(COc3ccccc3)on2)c1. The molecule has 0 saturated heterocycles. The zero-order valence-electron chi connectivity index (χ0n) is 10.6. The monoisotopic (exact) mass is 285 g/mol. The first-order valence-corrected chi connectivity index (χ1v) is 6.58. The number of para-hydroxylation sites is 1. The third-order valence-corrected chi connectivity index (χ3v) is 3.04. The van der Waals surface area contributed by atoms with Crippen molar-refractivity contribution < 1.29 is 9.26 Å². The second-order valence-electron chi connectivity index (χ2n) is 4.29. The molecule has 0 spiro atoms. The fourth-order valence-corrected chi connectivity index (χ4v) is 2.03. The summed E-state index contributed by atoms with van der Waals surface area (Å²) in [6.07, 6.45) is 0. The Kier molecular flexibility index (Phi) is 3.70. The maximum Gasteiger partial charge on any atom is 0.174 e. The second-order valence-corrected chi connectivity index (χ2v) is 4.73. The van der Waals surface area contributed by atoms with Crippen molar-refractivity contribution in [1.29, 1.82) is 0 Å². The molecule has 0 saturated carbocycles. The maximum absolute atomic E-state index is 5.96. The van der Waals surface area contributed by atoms with Gasteiger partial charge >= 0.3 is 0 Å². The second kappa shape index (κ2) is 5.80. The number of rotatable bonds is 4. The molecule has 3 rings (SSSR count). The Bertz CT molecular complexity index is 694. The molecule has 0 bridgehead atoms. The minimum absolute atomic E-state index is 0.345. The fourth-order valence-electron chi connectivity index (χ4n) is 1.84. The van der Waals surface area contributed by atoms with Crippen LogP contribution in [0.15, 0.2) is 65.2 Å². The Morgan fingerprint density at radius 1 is 1.00 bits per heavy atom. The summed E-state index contributed by atoms with van der Waals surface area (Å²) in [6.45, 7) is 0.345. The molecule has 0 aliphatic rings. The summed E-state index contributed by atoms with van der Waals surface area (Å²) in [5.74, 6) is 1.47. The summed E-state index contributed by atoms with van der Waals surface area (Å²) in [5.41, 5.74) is 1.67. The van der Waals surface area contributed by atoms with Crippen molar-refractivity contribution in [2.24, 2.45) is 0 Å². The van der Waals surface area contributed by atoms with Gasteiger partial charge in [0.15, 0.2) is 5.76 Å². The summed E-state index contributed by atoms with van der Waals surface area (Å²) in [5, 5.41) is 4.70. The molecular formula is C16H12ClNO2. The summed E-state index contributed by atoms with van der Waals surface area (Å²) in [4.78, 5) is 0. The van der Waals surface area contributed by atoms with Gasteiger partial charge in [0.2, 0.25) is 0 Å². The number of ether oxygens (including phenoxy) is 1. The van der Waals surface area contributed by atoms with Gasteiger partial charge in [-0.1, -0.05) is 47.1 Å². The highest BCUT2D eigenvalue weighted by atomic mass is 35.5. The highest BCUT2D eigenvalue weighted by Gasteiger charge is 2.07. The van der Waals surface area contributed by atoms with E-state index in [4.69, 9.17) is 20.9 Å². The van der Waals surface area contributed by atoms with E-state index in [0.29, 0.717) is 17.4 Å². The van der Waals surface area contributed by atoms with E-state index in [1.165, 1.54) is 0 Å². The first kappa shape index (κ1) is 12.8. The van der Waals surface area contributed by atoms with Crippen LogP contribution >= 0.6 is 11.6 Å². The minimum atomic E-state index is 0.345. The van der Waals surface area contributed by atoms with Crippen molar-refractivity contribution in [3.05, 3.63) is 71.4 Å². The van der Waals surface area contributed by atoms with Gasteiger partial charge in [-0.15, -0.1) is 0 Å². The first-order valence-electron chi connectivity index (χ1n) is 6.21. The molecule has 2 aromatic carbocycles. The van der Waals surface area contributed by atoms with Gasteiger partial charge in [-0.25, -0.2) is 0 Å². The zero-order valence-corrected chi connectivity index (χ0v) is 11.4. The van der Waals surface area contributed by atoms with Crippen molar-refractivity contribution in [2.45, 2.75) is 6.61 Å². The maximum atomic E-state index is 5.96. The van der Waals surface area contributed by atoms with Gasteiger partial charge in [-0.3, -0.25) is 0 Å². The Hall–Kier alpha value is -2.26. The van der Waals surface area contributed by atoms with Crippen LogP contribution < -0.4 is 4.74 Å². The van der Waals surface area contributed by atoms with Crippen molar-refractivity contribution in [1.82, 2.24) is 5.16 Å². The van der Waals surface area contributed by atoms with Gasteiger partial charge in [-0.05, 0) is 24.3 Å². The van der Waals surface area contributed by atoms with Crippen LogP contribution in [0.3, 0.4) is 0 Å². The van der Waals surface area contributed by atoms with E-state index in [2.05, 4.69) is 5.16 Å². The average molecular weight is 286 g/mol. The van der Waals surface area contributed by atoms with Gasteiger partial charge < -0.3 is 9.26 Å². The molecule has 0 aliphatic carbocycles. The fraction of sp³-hybridized carbons (Fsp3) is 0.0625. The number of aromatic nitrogens is 1. The van der Waals surface area contributed by atoms with Crippen LogP contribution in [0.1, 0.15) is 5.76 Å². The third kappa shape index (κ3) is 3.00. The van der Waals surface area contributed by atoms with Crippen LogP contribution in [0.4, 0.5) is 0 Å². The van der Waals surface area contributed by atoms with E-state index in [1.807, 2.05) is 60.7 Å². The van der Waals surface area contributed by atoms with Crippen LogP contribution in [0.25, 0.3) is 11.3 Å². The molecule has 0 radical (unpaired) electrons. The summed E-state index contributed by atoms with van der Waals surface area (Å²) < 4.78 is 10.9. The Balaban J connectivity index is 1.71. The van der Waals surface area contributed by atoms with Crippen LogP contribution in [0.2, 0.25) is 5.02 Å². The van der Waals surface area contributed by atoms with Gasteiger partial charge in [0.05, 0.1) is 0 Å². The van der Waals surface area contributed by atoms with Gasteiger partial charge in [0, 0.05) is 16.7 Å². The molecule has 3 nitrogen and oxygen atoms in total. The van der Waals surface area contributed by atoms with Gasteiger partial charge in [0.25, 0.3) is 0 Å². The minimum Gasteiger partial charge on any atom is -0.486 e. The lowest BCUT2D eigenvalue weighted by molar-refractivity contribution is 0.249. The van der Waals surface area contributed by atoms with Crippen molar-refractivity contribution in [3.63, 3.8) is 0 Å². The first-order chi connectivity index (χ1) is 9.81. The molecule has 4 heteroatoms. The lowest BCUT2D eigenvalue weighted by Gasteiger charge is -2.01. The molecule has 100 valence electrons. The van der Waals surface area contributed by atoms with Crippen molar-refractivity contribution >= 4 is 11.6 Å². The molecular weight excluding hydrogens is 274 g/mol. The van der Waals surface area contributed by atoms with E-state index >= 15 is 0 Å². The highest BCUT2D eigenvalue weighted by Crippen LogP contribution is 2.23. The van der Waals surface area contributed by atoms with Gasteiger partial charge in [-0.2, -0.15) is 0 Å². The molecule has 0 aliphatic heterocycles. The van der Waals surface area contributed by atoms with E-state index in [0.717, 1.165) is 17.0 Å². The smallest absolute Gasteiger partial charge is 0.174 e. The predicted octanol–water partition coefficient (Wildman–Crippen LogP) is 4.57. The molecule has 0 N–H and O–H groups in total. The van der Waals surface area contributed by atoms with Crippen molar-refractivity contribution in [3.8, 4) is 17.0 Å². The average Bonchev–Trinajstić information content (AvgIpc) is 2.95. The normalized spacial score (nSPS) is 10.4. The van der Waals surface area contributed by atoms with Crippen molar-refractivity contribution in [2.75, 3.05) is 0 Å². The largest absolute Gasteiger partial charge is 0.486 e. The molecule has 1 heterocycles. The quantitative estimate of drug-likeness (QED) is 0.704. The highest BCUT2D eigenvalue weighted by molar-refractivity contribution is 6.30. The standard InChI is InChI=1S/C16H12ClNO2/c17-13-6-4-5-12(9-13)16-10-15(20-18-16)11-19-14-7-2-1-3-8-14/h1-10H,11H2. The number of benzene rings is 2. The Morgan fingerprint density at radius 2 is 1.85 bits per heavy atom.